The average molecular weight is 486 g/mol. The van der Waals surface area contributed by atoms with Crippen LogP contribution in [0.4, 0.5) is 0 Å². The van der Waals surface area contributed by atoms with Crippen LogP contribution in [0.2, 0.25) is 0 Å². The van der Waals surface area contributed by atoms with Crippen LogP contribution >= 0.6 is 0 Å². The Morgan fingerprint density at radius 1 is 0.686 bits per heavy atom. The van der Waals surface area contributed by atoms with E-state index in [1.807, 2.05) is 12.1 Å². The summed E-state index contributed by atoms with van der Waals surface area (Å²) in [6, 6.07) is 7.15. The number of benzene rings is 1. The van der Waals surface area contributed by atoms with Gasteiger partial charge in [0.15, 0.2) is 0 Å². The van der Waals surface area contributed by atoms with Crippen molar-refractivity contribution in [1.29, 1.82) is 0 Å². The molecule has 0 aromatic heterocycles. The van der Waals surface area contributed by atoms with Crippen LogP contribution in [0.3, 0.4) is 0 Å². The van der Waals surface area contributed by atoms with Crippen molar-refractivity contribution >= 4 is 5.97 Å². The fourth-order valence-corrected chi connectivity index (χ4v) is 4.93. The van der Waals surface area contributed by atoms with Gasteiger partial charge in [-0.05, 0) is 40.5 Å². The van der Waals surface area contributed by atoms with Gasteiger partial charge in [-0.3, -0.25) is 0 Å². The Balaban J connectivity index is 2.16. The minimum absolute atomic E-state index is 0.0627. The van der Waals surface area contributed by atoms with E-state index in [0.717, 1.165) is 24.0 Å². The van der Waals surface area contributed by atoms with E-state index >= 15 is 0 Å². The first kappa shape index (κ1) is 31.7. The summed E-state index contributed by atoms with van der Waals surface area (Å²) < 4.78 is 5.70. The molecule has 1 aromatic carbocycles. The first-order chi connectivity index (χ1) is 16.6. The van der Waals surface area contributed by atoms with E-state index in [2.05, 4.69) is 54.5 Å². The van der Waals surface area contributed by atoms with Gasteiger partial charge >= 0.3 is 5.97 Å². The van der Waals surface area contributed by atoms with E-state index in [9.17, 15) is 4.79 Å². The summed E-state index contributed by atoms with van der Waals surface area (Å²) in [5.74, 6) is -0.185. The van der Waals surface area contributed by atoms with Crippen molar-refractivity contribution in [1.82, 2.24) is 0 Å². The van der Waals surface area contributed by atoms with Crippen LogP contribution in [0.15, 0.2) is 12.1 Å². The zero-order valence-electron chi connectivity index (χ0n) is 24.5. The van der Waals surface area contributed by atoms with Gasteiger partial charge in [0.05, 0.1) is 12.2 Å². The Labute approximate surface area is 219 Å². The van der Waals surface area contributed by atoms with Gasteiger partial charge < -0.3 is 4.74 Å². The van der Waals surface area contributed by atoms with Gasteiger partial charge in [0.2, 0.25) is 0 Å². The topological polar surface area (TPSA) is 26.3 Å². The predicted octanol–water partition coefficient (Wildman–Crippen LogP) is 10.5. The van der Waals surface area contributed by atoms with E-state index in [0.29, 0.717) is 12.2 Å². The minimum atomic E-state index is -0.185. The van der Waals surface area contributed by atoms with Crippen molar-refractivity contribution in [2.75, 3.05) is 6.61 Å². The third kappa shape index (κ3) is 13.5. The Kier molecular flexibility index (Phi) is 15.6. The molecule has 0 saturated carbocycles. The molecule has 0 aliphatic rings. The second-order valence-corrected chi connectivity index (χ2v) is 12.6. The van der Waals surface area contributed by atoms with Crippen molar-refractivity contribution in [3.63, 3.8) is 0 Å². The molecule has 1 radical (unpaired) electrons. The van der Waals surface area contributed by atoms with Crippen molar-refractivity contribution in [3.8, 4) is 0 Å². The van der Waals surface area contributed by atoms with Crippen LogP contribution in [-0.2, 0) is 15.6 Å². The van der Waals surface area contributed by atoms with Gasteiger partial charge in [-0.2, -0.15) is 0 Å². The lowest BCUT2D eigenvalue weighted by Gasteiger charge is -2.31. The molecule has 0 amide bonds. The summed E-state index contributed by atoms with van der Waals surface area (Å²) >= 11 is 0. The van der Waals surface area contributed by atoms with Crippen molar-refractivity contribution in [3.05, 3.63) is 34.9 Å². The van der Waals surface area contributed by atoms with Gasteiger partial charge in [0, 0.05) is 0 Å². The number of ether oxygens (including phenoxy) is 1. The predicted molar refractivity (Wildman–Crippen MR) is 153 cm³/mol. The highest BCUT2D eigenvalue weighted by Crippen LogP contribution is 2.36. The summed E-state index contributed by atoms with van der Waals surface area (Å²) in [6.07, 6.45) is 21.6. The smallest absolute Gasteiger partial charge is 0.338 e. The third-order valence-electron chi connectivity index (χ3n) is 6.95. The molecule has 0 aliphatic heterocycles. The molecule has 0 heterocycles. The second kappa shape index (κ2) is 17.2. The quantitative estimate of drug-likeness (QED) is 0.153. The molecule has 0 atom stereocenters. The molecule has 0 spiro atoms. The van der Waals surface area contributed by atoms with E-state index in [1.54, 1.807) is 0 Å². The standard InChI is InChI=1S/C33H57O2/c1-8-9-10-11-12-13-14-15-16-17-18-19-20-21-22-23-27-35-31(34)28-25-24-26-29(32(2,3)4)30(28)33(5,6)7/h24-25H,8-23,27H2,1-7H3. The number of carbonyl (C=O) groups is 1. The normalized spacial score (nSPS) is 12.2. The lowest BCUT2D eigenvalue weighted by molar-refractivity contribution is 0.0494. The monoisotopic (exact) mass is 485 g/mol. The zero-order valence-corrected chi connectivity index (χ0v) is 24.5. The Hall–Kier alpha value is -1.31. The number of hydrogen-bond acceptors (Lipinski definition) is 2. The maximum absolute atomic E-state index is 12.9. The van der Waals surface area contributed by atoms with E-state index < -0.39 is 0 Å². The van der Waals surface area contributed by atoms with Crippen LogP contribution in [-0.4, -0.2) is 12.6 Å². The lowest BCUT2D eigenvalue weighted by Crippen LogP contribution is -2.26. The van der Waals surface area contributed by atoms with Gasteiger partial charge in [-0.1, -0.05) is 151 Å². The Morgan fingerprint density at radius 2 is 1.11 bits per heavy atom. The average Bonchev–Trinajstić information content (AvgIpc) is 2.79. The third-order valence-corrected chi connectivity index (χ3v) is 6.95. The summed E-state index contributed by atoms with van der Waals surface area (Å²) in [4.78, 5) is 12.9. The molecule has 0 bridgehead atoms. The fraction of sp³-hybridized carbons (Fsp3) is 0.788. The molecule has 1 aromatic rings. The molecular formula is C33H57O2. The van der Waals surface area contributed by atoms with Gasteiger partial charge in [0.1, 0.15) is 0 Å². The summed E-state index contributed by atoms with van der Waals surface area (Å²) in [5.41, 5.74) is 2.69. The highest BCUT2D eigenvalue weighted by Gasteiger charge is 2.30. The van der Waals surface area contributed by atoms with Crippen molar-refractivity contribution in [2.24, 2.45) is 0 Å². The number of carbonyl (C=O) groups excluding carboxylic acids is 1. The van der Waals surface area contributed by atoms with Crippen LogP contribution < -0.4 is 0 Å². The van der Waals surface area contributed by atoms with Gasteiger partial charge in [-0.15, -0.1) is 0 Å². The molecule has 2 nitrogen and oxygen atoms in total. The maximum Gasteiger partial charge on any atom is 0.338 e. The van der Waals surface area contributed by atoms with Crippen LogP contribution in [0.5, 0.6) is 0 Å². The lowest BCUT2D eigenvalue weighted by atomic mass is 9.73. The molecule has 35 heavy (non-hydrogen) atoms. The number of hydrogen-bond donors (Lipinski definition) is 0. The van der Waals surface area contributed by atoms with Crippen LogP contribution in [0.25, 0.3) is 0 Å². The van der Waals surface area contributed by atoms with E-state index in [-0.39, 0.29) is 16.8 Å². The van der Waals surface area contributed by atoms with Crippen LogP contribution in [0.1, 0.15) is 173 Å². The SMILES string of the molecule is CCCCCCCCCCCCCCCCCCOC(=O)c1cc[c]c(C(C)(C)C)c1C(C)(C)C. The molecule has 0 saturated heterocycles. The molecular weight excluding hydrogens is 428 g/mol. The fourth-order valence-electron chi connectivity index (χ4n) is 4.93. The minimum Gasteiger partial charge on any atom is -0.462 e. The van der Waals surface area contributed by atoms with Crippen molar-refractivity contribution < 1.29 is 9.53 Å². The molecule has 2 heteroatoms. The number of unbranched alkanes of at least 4 members (excludes halogenated alkanes) is 15. The van der Waals surface area contributed by atoms with Gasteiger partial charge in [0.25, 0.3) is 0 Å². The van der Waals surface area contributed by atoms with Crippen molar-refractivity contribution in [2.45, 2.75) is 162 Å². The zero-order chi connectivity index (χ0) is 26.2. The van der Waals surface area contributed by atoms with E-state index in [1.165, 1.54) is 89.9 Å². The highest BCUT2D eigenvalue weighted by atomic mass is 16.5. The number of esters is 1. The second-order valence-electron chi connectivity index (χ2n) is 12.6. The highest BCUT2D eigenvalue weighted by molar-refractivity contribution is 5.92. The van der Waals surface area contributed by atoms with Gasteiger partial charge in [-0.25, -0.2) is 4.79 Å². The summed E-state index contributed by atoms with van der Waals surface area (Å²) in [5, 5.41) is 0. The summed E-state index contributed by atoms with van der Waals surface area (Å²) in [7, 11) is 0. The molecule has 1 rings (SSSR count). The maximum atomic E-state index is 12.9. The first-order valence-corrected chi connectivity index (χ1v) is 14.8. The Bertz CT molecular complexity index is 690. The molecule has 0 unspecified atom stereocenters. The molecule has 0 N–H and O–H groups in total. The number of rotatable bonds is 18. The Morgan fingerprint density at radius 3 is 1.51 bits per heavy atom. The molecule has 0 fully saturated rings. The first-order valence-electron chi connectivity index (χ1n) is 14.8. The molecule has 201 valence electrons. The summed E-state index contributed by atoms with van der Waals surface area (Å²) in [6.45, 7) is 15.8. The largest absolute Gasteiger partial charge is 0.462 e. The molecule has 0 aliphatic carbocycles. The van der Waals surface area contributed by atoms with E-state index in [4.69, 9.17) is 4.74 Å². The van der Waals surface area contributed by atoms with Crippen LogP contribution in [0, 0.1) is 6.07 Å².